The zero-order valence-corrected chi connectivity index (χ0v) is 25.6. The zero-order valence-electron chi connectivity index (χ0n) is 25.6. The fourth-order valence-electron chi connectivity index (χ4n) is 4.97. The lowest BCUT2D eigenvalue weighted by molar-refractivity contribution is -0.127. The summed E-state index contributed by atoms with van der Waals surface area (Å²) in [4.78, 5) is 54.8. The summed E-state index contributed by atoms with van der Waals surface area (Å²) < 4.78 is 23.6. The number of benzene rings is 1. The predicted molar refractivity (Wildman–Crippen MR) is 164 cm³/mol. The van der Waals surface area contributed by atoms with Crippen LogP contribution in [-0.4, -0.2) is 136 Å². The van der Waals surface area contributed by atoms with Gasteiger partial charge in [-0.1, -0.05) is 18.2 Å². The molecule has 46 heavy (non-hydrogen) atoms. The van der Waals surface area contributed by atoms with Crippen molar-refractivity contribution in [3.8, 4) is 11.6 Å². The van der Waals surface area contributed by atoms with Gasteiger partial charge < -0.3 is 38.8 Å². The molecule has 3 aromatic heterocycles. The lowest BCUT2D eigenvalue weighted by Gasteiger charge is -2.34. The zero-order chi connectivity index (χ0) is 32.3. The Labute approximate surface area is 265 Å². The van der Waals surface area contributed by atoms with Crippen LogP contribution in [0.1, 0.15) is 26.5 Å². The minimum Gasteiger partial charge on any atom is -0.489 e. The van der Waals surface area contributed by atoms with E-state index in [-0.39, 0.29) is 51.0 Å². The molecule has 4 heterocycles. The summed E-state index contributed by atoms with van der Waals surface area (Å²) in [7, 11) is 0. The van der Waals surface area contributed by atoms with Crippen molar-refractivity contribution < 1.29 is 38.4 Å². The Morgan fingerprint density at radius 3 is 2.17 bits per heavy atom. The van der Waals surface area contributed by atoms with Crippen LogP contribution in [0.25, 0.3) is 16.7 Å². The fourth-order valence-corrected chi connectivity index (χ4v) is 4.97. The number of rotatable bonds is 16. The average molecular weight is 636 g/mol. The van der Waals surface area contributed by atoms with E-state index in [1.807, 2.05) is 6.07 Å². The maximum atomic E-state index is 13.7. The minimum atomic E-state index is -0.706. The number of H-pyrrole nitrogens is 1. The molecule has 0 unspecified atom stereocenters. The number of carbonyl (C=O) groups is 3. The van der Waals surface area contributed by atoms with Gasteiger partial charge in [0.25, 0.3) is 17.6 Å². The molecular weight excluding hydrogens is 598 g/mol. The van der Waals surface area contributed by atoms with Gasteiger partial charge in [0, 0.05) is 37.9 Å². The summed E-state index contributed by atoms with van der Waals surface area (Å²) in [6.07, 6.45) is 4.46. The van der Waals surface area contributed by atoms with E-state index in [4.69, 9.17) is 24.1 Å². The van der Waals surface area contributed by atoms with E-state index in [1.54, 1.807) is 36.1 Å². The van der Waals surface area contributed by atoms with Crippen molar-refractivity contribution in [2.45, 2.75) is 6.92 Å². The van der Waals surface area contributed by atoms with Crippen LogP contribution < -0.4 is 4.74 Å². The standard InChI is InChI=1S/C31H37N7O8/c1-22-34-21-38(35-22)29-27-26(25(20-33-29)46-18-17-45-16-15-44-14-13-43-12-11-39)24(19-32-27)28(40)31(42)37-9-7-36(8-10-37)30(41)23-5-3-2-4-6-23/h2-6,19-21,32,39H,7-18H2,1H3. The quantitative estimate of drug-likeness (QED) is 0.102. The predicted octanol–water partition coefficient (Wildman–Crippen LogP) is 1.04. The molecule has 5 rings (SSSR count). The Bertz CT molecular complexity index is 1620. The summed E-state index contributed by atoms with van der Waals surface area (Å²) in [6, 6.07) is 8.96. The summed E-state index contributed by atoms with van der Waals surface area (Å²) in [5, 5.41) is 13.4. The summed E-state index contributed by atoms with van der Waals surface area (Å²) in [6.45, 7) is 4.98. The number of aromatic nitrogens is 5. The van der Waals surface area contributed by atoms with Gasteiger partial charge in [0.1, 0.15) is 24.5 Å². The topological polar surface area (TPSA) is 174 Å². The van der Waals surface area contributed by atoms with Gasteiger partial charge in [-0.05, 0) is 19.1 Å². The molecule has 0 saturated carbocycles. The molecule has 1 saturated heterocycles. The summed E-state index contributed by atoms with van der Waals surface area (Å²) in [5.74, 6) is -0.259. The molecule has 0 bridgehead atoms. The highest BCUT2D eigenvalue weighted by Gasteiger charge is 2.31. The summed E-state index contributed by atoms with van der Waals surface area (Å²) >= 11 is 0. The maximum absolute atomic E-state index is 13.7. The Morgan fingerprint density at radius 2 is 1.52 bits per heavy atom. The second kappa shape index (κ2) is 16.0. The number of ketones is 1. The van der Waals surface area contributed by atoms with Gasteiger partial charge in [0.2, 0.25) is 0 Å². The van der Waals surface area contributed by atoms with Crippen LogP contribution in [-0.2, 0) is 19.0 Å². The van der Waals surface area contributed by atoms with Crippen LogP contribution in [0.4, 0.5) is 0 Å². The van der Waals surface area contributed by atoms with Crippen molar-refractivity contribution in [1.82, 2.24) is 34.5 Å². The molecule has 15 nitrogen and oxygen atoms in total. The highest BCUT2D eigenvalue weighted by molar-refractivity contribution is 6.45. The molecular formula is C31H37N7O8. The molecule has 0 aliphatic carbocycles. The number of Topliss-reactive ketones (excluding diaryl/α,β-unsaturated/α-hetero) is 1. The lowest BCUT2D eigenvalue weighted by Crippen LogP contribution is -2.52. The average Bonchev–Trinajstić information content (AvgIpc) is 3.74. The van der Waals surface area contributed by atoms with E-state index < -0.39 is 11.7 Å². The van der Waals surface area contributed by atoms with Gasteiger partial charge in [-0.25, -0.2) is 14.6 Å². The van der Waals surface area contributed by atoms with Crippen LogP contribution in [0.3, 0.4) is 0 Å². The van der Waals surface area contributed by atoms with Gasteiger partial charge in [0.15, 0.2) is 5.82 Å². The Hall–Kier alpha value is -4.70. The number of aromatic amines is 1. The second-order valence-electron chi connectivity index (χ2n) is 10.3. The molecule has 244 valence electrons. The van der Waals surface area contributed by atoms with Gasteiger partial charge in [-0.3, -0.25) is 14.4 Å². The number of fused-ring (bicyclic) bond motifs is 1. The van der Waals surface area contributed by atoms with Gasteiger partial charge in [-0.2, -0.15) is 5.10 Å². The molecule has 1 aromatic carbocycles. The number of ether oxygens (including phenoxy) is 4. The summed E-state index contributed by atoms with van der Waals surface area (Å²) in [5.41, 5.74) is 1.17. The number of piperazine rings is 1. The van der Waals surface area contributed by atoms with E-state index in [2.05, 4.69) is 20.1 Å². The normalized spacial score (nSPS) is 13.3. The fraction of sp³-hybridized carbons (Fsp3) is 0.419. The van der Waals surface area contributed by atoms with Crippen molar-refractivity contribution in [3.05, 3.63) is 66.0 Å². The van der Waals surface area contributed by atoms with E-state index in [1.165, 1.54) is 28.3 Å². The molecule has 4 aromatic rings. The Balaban J connectivity index is 1.24. The van der Waals surface area contributed by atoms with Crippen molar-refractivity contribution in [1.29, 1.82) is 0 Å². The first-order chi connectivity index (χ1) is 22.5. The molecule has 2 amide bonds. The van der Waals surface area contributed by atoms with Crippen LogP contribution in [0.15, 0.2) is 49.1 Å². The number of amides is 2. The number of nitrogens with zero attached hydrogens (tertiary/aromatic N) is 6. The van der Waals surface area contributed by atoms with Crippen molar-refractivity contribution >= 4 is 28.5 Å². The molecule has 1 fully saturated rings. The van der Waals surface area contributed by atoms with Crippen LogP contribution >= 0.6 is 0 Å². The minimum absolute atomic E-state index is 0.0292. The monoisotopic (exact) mass is 635 g/mol. The Kier molecular flexibility index (Phi) is 11.4. The second-order valence-corrected chi connectivity index (χ2v) is 10.3. The van der Waals surface area contributed by atoms with Crippen LogP contribution in [0.2, 0.25) is 0 Å². The number of aliphatic hydroxyl groups excluding tert-OH is 1. The number of aryl methyl sites for hydroxylation is 1. The van der Waals surface area contributed by atoms with E-state index in [0.717, 1.165) is 0 Å². The molecule has 1 aliphatic heterocycles. The number of aliphatic hydroxyl groups is 1. The lowest BCUT2D eigenvalue weighted by atomic mass is 10.1. The first kappa shape index (κ1) is 32.7. The smallest absolute Gasteiger partial charge is 0.295 e. The maximum Gasteiger partial charge on any atom is 0.295 e. The first-order valence-corrected chi connectivity index (χ1v) is 15.0. The number of hydrogen-bond donors (Lipinski definition) is 2. The molecule has 1 aliphatic rings. The third-order valence-electron chi connectivity index (χ3n) is 7.26. The number of hydrogen-bond acceptors (Lipinski definition) is 11. The van der Waals surface area contributed by atoms with E-state index in [0.29, 0.717) is 73.4 Å². The van der Waals surface area contributed by atoms with E-state index in [9.17, 15) is 14.4 Å². The third kappa shape index (κ3) is 7.92. The number of pyridine rings is 1. The SMILES string of the molecule is Cc1ncn(-c2ncc(OCCOCCOCCOCCO)c3c(C(=O)C(=O)N4CCN(C(=O)c5ccccc5)CC4)c[nH]c23)n1. The largest absolute Gasteiger partial charge is 0.489 e. The highest BCUT2D eigenvalue weighted by Crippen LogP contribution is 2.32. The molecule has 2 N–H and O–H groups in total. The highest BCUT2D eigenvalue weighted by atomic mass is 16.6. The van der Waals surface area contributed by atoms with Crippen LogP contribution in [0.5, 0.6) is 5.75 Å². The van der Waals surface area contributed by atoms with Crippen LogP contribution in [0, 0.1) is 6.92 Å². The van der Waals surface area contributed by atoms with Gasteiger partial charge in [-0.15, -0.1) is 0 Å². The number of carbonyl (C=O) groups excluding carboxylic acids is 3. The Morgan fingerprint density at radius 1 is 0.870 bits per heavy atom. The first-order valence-electron chi connectivity index (χ1n) is 15.0. The molecule has 0 radical (unpaired) electrons. The van der Waals surface area contributed by atoms with E-state index >= 15 is 0 Å². The third-order valence-corrected chi connectivity index (χ3v) is 7.26. The molecule has 0 atom stereocenters. The van der Waals surface area contributed by atoms with Crippen molar-refractivity contribution in [2.24, 2.45) is 0 Å². The molecule has 15 heteroatoms. The van der Waals surface area contributed by atoms with Crippen molar-refractivity contribution in [3.63, 3.8) is 0 Å². The van der Waals surface area contributed by atoms with Gasteiger partial charge in [0.05, 0.1) is 68.9 Å². The van der Waals surface area contributed by atoms with Crippen molar-refractivity contribution in [2.75, 3.05) is 79.0 Å². The number of nitrogens with one attached hydrogen (secondary N) is 1. The molecule has 0 spiro atoms. The van der Waals surface area contributed by atoms with Gasteiger partial charge >= 0.3 is 0 Å².